The van der Waals surface area contributed by atoms with Gasteiger partial charge in [0.15, 0.2) is 4.80 Å². The summed E-state index contributed by atoms with van der Waals surface area (Å²) in [6, 6.07) is 8.43. The molecule has 0 N–H and O–H groups in total. The number of hydrogen-bond donors (Lipinski definition) is 0. The SMILES string of the molecule is Cc1nn(C2CCCC2)cc1/C=c1\sc2n(c1=O)[C@@H]1C[C@@](C)(N=2)Oc2ccccc21. The van der Waals surface area contributed by atoms with Crippen molar-refractivity contribution >= 4 is 17.4 Å². The number of hydrogen-bond acceptors (Lipinski definition) is 5. The molecule has 3 aromatic rings. The first-order valence-electron chi connectivity index (χ1n) is 10.7. The van der Waals surface area contributed by atoms with Gasteiger partial charge in [-0.1, -0.05) is 42.4 Å². The zero-order valence-electron chi connectivity index (χ0n) is 17.2. The van der Waals surface area contributed by atoms with E-state index in [2.05, 4.69) is 16.9 Å². The minimum Gasteiger partial charge on any atom is -0.466 e. The van der Waals surface area contributed by atoms with Gasteiger partial charge < -0.3 is 4.74 Å². The smallest absolute Gasteiger partial charge is 0.270 e. The molecule has 154 valence electrons. The van der Waals surface area contributed by atoms with E-state index in [0.29, 0.717) is 17.0 Å². The molecule has 1 saturated carbocycles. The Morgan fingerprint density at radius 2 is 2.07 bits per heavy atom. The van der Waals surface area contributed by atoms with E-state index in [1.807, 2.05) is 42.7 Å². The number of benzene rings is 1. The molecule has 6 rings (SSSR count). The van der Waals surface area contributed by atoms with Gasteiger partial charge in [-0.05, 0) is 38.8 Å². The van der Waals surface area contributed by atoms with Crippen LogP contribution in [0.4, 0.5) is 0 Å². The number of rotatable bonds is 2. The molecule has 0 saturated heterocycles. The third-order valence-electron chi connectivity index (χ3n) is 6.60. The predicted octanol–water partition coefficient (Wildman–Crippen LogP) is 3.08. The van der Waals surface area contributed by atoms with Crippen molar-refractivity contribution in [3.8, 4) is 5.75 Å². The summed E-state index contributed by atoms with van der Waals surface area (Å²) in [6.07, 6.45) is 9.68. The number of fused-ring (bicyclic) bond motifs is 6. The maximum atomic E-state index is 13.4. The van der Waals surface area contributed by atoms with E-state index < -0.39 is 5.72 Å². The van der Waals surface area contributed by atoms with Gasteiger partial charge in [0.25, 0.3) is 5.56 Å². The maximum absolute atomic E-state index is 13.4. The Balaban J connectivity index is 1.49. The lowest BCUT2D eigenvalue weighted by atomic mass is 9.93. The second-order valence-corrected chi connectivity index (χ2v) is 9.81. The first kappa shape index (κ1) is 18.1. The largest absolute Gasteiger partial charge is 0.466 e. The zero-order chi connectivity index (χ0) is 20.5. The minimum atomic E-state index is -0.628. The molecule has 6 nitrogen and oxygen atoms in total. The highest BCUT2D eigenvalue weighted by molar-refractivity contribution is 7.07. The lowest BCUT2D eigenvalue weighted by Gasteiger charge is -2.39. The summed E-state index contributed by atoms with van der Waals surface area (Å²) in [6.45, 7) is 4.02. The summed E-state index contributed by atoms with van der Waals surface area (Å²) in [5.74, 6) is 0.822. The number of aryl methyl sites for hydroxylation is 1. The van der Waals surface area contributed by atoms with Gasteiger partial charge in [0.2, 0.25) is 5.72 Å². The van der Waals surface area contributed by atoms with Crippen LogP contribution in [0.3, 0.4) is 0 Å². The number of ether oxygens (including phenoxy) is 1. The Morgan fingerprint density at radius 1 is 1.27 bits per heavy atom. The molecule has 0 unspecified atom stereocenters. The molecule has 1 aromatic carbocycles. The van der Waals surface area contributed by atoms with E-state index in [4.69, 9.17) is 14.8 Å². The van der Waals surface area contributed by atoms with Gasteiger partial charge in [-0.3, -0.25) is 14.0 Å². The van der Waals surface area contributed by atoms with Gasteiger partial charge in [-0.15, -0.1) is 0 Å². The summed E-state index contributed by atoms with van der Waals surface area (Å²) in [5.41, 5.74) is 2.44. The van der Waals surface area contributed by atoms with Crippen LogP contribution in [0.15, 0.2) is 40.2 Å². The molecule has 2 aliphatic heterocycles. The van der Waals surface area contributed by atoms with Crippen molar-refractivity contribution in [3.05, 3.63) is 67.0 Å². The van der Waals surface area contributed by atoms with Crippen LogP contribution >= 0.6 is 11.3 Å². The van der Waals surface area contributed by atoms with Gasteiger partial charge in [0.05, 0.1) is 22.3 Å². The highest BCUT2D eigenvalue weighted by Crippen LogP contribution is 2.42. The van der Waals surface area contributed by atoms with Crippen LogP contribution in [-0.2, 0) is 0 Å². The Labute approximate surface area is 178 Å². The van der Waals surface area contributed by atoms with Crippen LogP contribution < -0.4 is 19.6 Å². The Bertz CT molecular complexity index is 1330. The van der Waals surface area contributed by atoms with Crippen LogP contribution in [0.2, 0.25) is 0 Å². The Morgan fingerprint density at radius 3 is 2.90 bits per heavy atom. The van der Waals surface area contributed by atoms with Crippen LogP contribution in [0.1, 0.15) is 67.9 Å². The summed E-state index contributed by atoms with van der Waals surface area (Å²) >= 11 is 1.45. The third-order valence-corrected chi connectivity index (χ3v) is 7.58. The van der Waals surface area contributed by atoms with E-state index >= 15 is 0 Å². The Kier molecular flexibility index (Phi) is 3.87. The van der Waals surface area contributed by atoms with Crippen molar-refractivity contribution in [1.29, 1.82) is 0 Å². The quantitative estimate of drug-likeness (QED) is 0.640. The second kappa shape index (κ2) is 6.41. The van der Waals surface area contributed by atoms with E-state index in [0.717, 1.165) is 27.4 Å². The van der Waals surface area contributed by atoms with Gasteiger partial charge in [-0.25, -0.2) is 4.99 Å². The van der Waals surface area contributed by atoms with Gasteiger partial charge in [0.1, 0.15) is 5.75 Å². The fraction of sp³-hybridized carbons (Fsp3) is 0.435. The van der Waals surface area contributed by atoms with Crippen molar-refractivity contribution in [2.24, 2.45) is 4.99 Å². The summed E-state index contributed by atoms with van der Waals surface area (Å²) in [7, 11) is 0. The first-order valence-corrected chi connectivity index (χ1v) is 11.5. The Hall–Kier alpha value is -2.67. The van der Waals surface area contributed by atoms with Gasteiger partial charge in [0, 0.05) is 23.7 Å². The number of nitrogens with zero attached hydrogens (tertiary/aromatic N) is 4. The normalized spacial score (nSPS) is 25.5. The van der Waals surface area contributed by atoms with Crippen LogP contribution in [0, 0.1) is 6.92 Å². The van der Waals surface area contributed by atoms with Crippen LogP contribution in [0.25, 0.3) is 6.08 Å². The van der Waals surface area contributed by atoms with Crippen molar-refractivity contribution in [3.63, 3.8) is 0 Å². The molecule has 7 heteroatoms. The number of aromatic nitrogens is 3. The molecule has 0 radical (unpaired) electrons. The standard InChI is InChI=1S/C23H24N4O2S/c1-14-15(13-26(25-14)16-7-3-4-8-16)11-20-21(28)27-18-12-23(2,24-22(27)30-20)29-19-10-6-5-9-17(18)19/h5-6,9-11,13,16,18H,3-4,7-8,12H2,1-2H3/b20-11-/t18-,23+/m1/s1. The molecule has 2 bridgehead atoms. The molecule has 3 aliphatic rings. The van der Waals surface area contributed by atoms with Gasteiger partial charge in [-0.2, -0.15) is 5.10 Å². The fourth-order valence-corrected chi connectivity index (χ4v) is 6.19. The highest BCUT2D eigenvalue weighted by Gasteiger charge is 2.42. The number of para-hydroxylation sites is 1. The zero-order valence-corrected chi connectivity index (χ0v) is 18.0. The molecular weight excluding hydrogens is 396 g/mol. The fourth-order valence-electron chi connectivity index (χ4n) is 5.07. The lowest BCUT2D eigenvalue weighted by molar-refractivity contribution is 0.0410. The van der Waals surface area contributed by atoms with Crippen LogP contribution in [-0.4, -0.2) is 20.1 Å². The maximum Gasteiger partial charge on any atom is 0.270 e. The minimum absolute atomic E-state index is 0.0236. The number of thiazole rings is 1. The molecule has 2 aromatic heterocycles. The van der Waals surface area contributed by atoms with Crippen molar-refractivity contribution < 1.29 is 4.74 Å². The molecule has 0 amide bonds. The summed E-state index contributed by atoms with van der Waals surface area (Å²) in [5, 5.41) is 4.73. The van der Waals surface area contributed by atoms with Crippen LogP contribution in [0.5, 0.6) is 5.75 Å². The highest BCUT2D eigenvalue weighted by atomic mass is 32.1. The molecule has 2 atom stereocenters. The molecule has 30 heavy (non-hydrogen) atoms. The van der Waals surface area contributed by atoms with Crippen molar-refractivity contribution in [2.75, 3.05) is 0 Å². The van der Waals surface area contributed by atoms with E-state index in [-0.39, 0.29) is 11.6 Å². The molecule has 0 spiro atoms. The van der Waals surface area contributed by atoms with E-state index in [1.54, 1.807) is 0 Å². The van der Waals surface area contributed by atoms with Crippen molar-refractivity contribution in [2.45, 2.75) is 63.8 Å². The van der Waals surface area contributed by atoms with E-state index in [9.17, 15) is 4.79 Å². The lowest BCUT2D eigenvalue weighted by Crippen LogP contribution is -2.49. The molecule has 1 aliphatic carbocycles. The monoisotopic (exact) mass is 420 g/mol. The van der Waals surface area contributed by atoms with Crippen molar-refractivity contribution in [1.82, 2.24) is 14.3 Å². The molecule has 1 fully saturated rings. The second-order valence-electron chi connectivity index (χ2n) is 8.80. The average molecular weight is 421 g/mol. The van der Waals surface area contributed by atoms with E-state index in [1.165, 1.54) is 37.0 Å². The average Bonchev–Trinajstić information content (AvgIpc) is 3.42. The third kappa shape index (κ3) is 2.71. The summed E-state index contributed by atoms with van der Waals surface area (Å²) < 4.78 is 10.9. The predicted molar refractivity (Wildman–Crippen MR) is 116 cm³/mol. The first-order chi connectivity index (χ1) is 14.5. The molecular formula is C23H24N4O2S. The van der Waals surface area contributed by atoms with Gasteiger partial charge >= 0.3 is 0 Å². The molecule has 4 heterocycles. The topological polar surface area (TPSA) is 61.4 Å². The summed E-state index contributed by atoms with van der Waals surface area (Å²) in [4.78, 5) is 19.0.